The molecule has 1 fully saturated rings. The highest BCUT2D eigenvalue weighted by atomic mass is 16.5. The van der Waals surface area contributed by atoms with E-state index in [1.807, 2.05) is 42.2 Å². The van der Waals surface area contributed by atoms with Crippen molar-refractivity contribution in [1.82, 2.24) is 4.90 Å². The van der Waals surface area contributed by atoms with E-state index in [1.165, 1.54) is 0 Å². The monoisotopic (exact) mass is 408 g/mol. The second kappa shape index (κ2) is 10.3. The molecule has 0 bridgehead atoms. The number of benzene rings is 2. The van der Waals surface area contributed by atoms with E-state index in [1.54, 1.807) is 12.1 Å². The summed E-state index contributed by atoms with van der Waals surface area (Å²) in [4.78, 5) is 27.5. The van der Waals surface area contributed by atoms with E-state index >= 15 is 0 Å². The summed E-state index contributed by atoms with van der Waals surface area (Å²) in [6, 6.07) is 13.3. The van der Waals surface area contributed by atoms with Crippen molar-refractivity contribution < 1.29 is 14.3 Å². The number of amides is 2. The largest absolute Gasteiger partial charge is 0.483 e. The van der Waals surface area contributed by atoms with Crippen LogP contribution in [0.3, 0.4) is 0 Å². The van der Waals surface area contributed by atoms with Crippen LogP contribution in [0.25, 0.3) is 0 Å². The Morgan fingerprint density at radius 1 is 1.03 bits per heavy atom. The van der Waals surface area contributed by atoms with Crippen molar-refractivity contribution in [2.24, 2.45) is 0 Å². The van der Waals surface area contributed by atoms with Crippen LogP contribution in [-0.2, 0) is 4.79 Å². The highest BCUT2D eigenvalue weighted by Gasteiger charge is 2.21. The van der Waals surface area contributed by atoms with E-state index in [9.17, 15) is 9.59 Å². The predicted octanol–water partition coefficient (Wildman–Crippen LogP) is 5.15. The van der Waals surface area contributed by atoms with Crippen LogP contribution in [0.5, 0.6) is 5.75 Å². The molecule has 2 aromatic rings. The van der Waals surface area contributed by atoms with E-state index in [4.69, 9.17) is 4.74 Å². The molecule has 160 valence electrons. The van der Waals surface area contributed by atoms with Gasteiger partial charge in [0.25, 0.3) is 11.8 Å². The molecule has 5 heteroatoms. The lowest BCUT2D eigenvalue weighted by Crippen LogP contribution is -2.33. The average Bonchev–Trinajstić information content (AvgIpc) is 3.01. The van der Waals surface area contributed by atoms with E-state index in [0.29, 0.717) is 17.2 Å². The molecular formula is C25H32N2O3. The van der Waals surface area contributed by atoms with Gasteiger partial charge in [0.05, 0.1) is 11.3 Å². The Morgan fingerprint density at radius 2 is 1.73 bits per heavy atom. The predicted molar refractivity (Wildman–Crippen MR) is 120 cm³/mol. The topological polar surface area (TPSA) is 58.6 Å². The van der Waals surface area contributed by atoms with Gasteiger partial charge in [-0.3, -0.25) is 9.59 Å². The van der Waals surface area contributed by atoms with Crippen LogP contribution < -0.4 is 10.1 Å². The highest BCUT2D eigenvalue weighted by Crippen LogP contribution is 2.27. The first-order valence-electron chi connectivity index (χ1n) is 10.9. The number of hydrogen-bond donors (Lipinski definition) is 1. The zero-order valence-electron chi connectivity index (χ0n) is 18.2. The molecule has 0 unspecified atom stereocenters. The van der Waals surface area contributed by atoms with Gasteiger partial charge in [0, 0.05) is 13.1 Å². The SMILES string of the molecule is Cc1ccc(C(C)C)c(OCC(=O)Nc2ccccc2C(=O)N2CCCCCC2)c1. The van der Waals surface area contributed by atoms with Crippen molar-refractivity contribution in [2.75, 3.05) is 25.0 Å². The summed E-state index contributed by atoms with van der Waals surface area (Å²) in [5.74, 6) is 0.738. The fourth-order valence-electron chi connectivity index (χ4n) is 3.80. The van der Waals surface area contributed by atoms with Crippen molar-refractivity contribution in [3.8, 4) is 5.75 Å². The van der Waals surface area contributed by atoms with Crippen molar-refractivity contribution in [2.45, 2.75) is 52.4 Å². The van der Waals surface area contributed by atoms with Gasteiger partial charge in [-0.2, -0.15) is 0 Å². The Hall–Kier alpha value is -2.82. The summed E-state index contributed by atoms with van der Waals surface area (Å²) in [5, 5.41) is 2.87. The highest BCUT2D eigenvalue weighted by molar-refractivity contribution is 6.04. The molecule has 0 radical (unpaired) electrons. The normalized spacial score (nSPS) is 14.3. The summed E-state index contributed by atoms with van der Waals surface area (Å²) in [5.41, 5.74) is 3.23. The Kier molecular flexibility index (Phi) is 7.50. The number of carbonyl (C=O) groups excluding carboxylic acids is 2. The van der Waals surface area contributed by atoms with Gasteiger partial charge in [-0.05, 0) is 55.0 Å². The van der Waals surface area contributed by atoms with Gasteiger partial charge in [-0.25, -0.2) is 0 Å². The van der Waals surface area contributed by atoms with Crippen LogP contribution >= 0.6 is 0 Å². The molecule has 0 spiro atoms. The van der Waals surface area contributed by atoms with Gasteiger partial charge >= 0.3 is 0 Å². The summed E-state index contributed by atoms with van der Waals surface area (Å²) >= 11 is 0. The average molecular weight is 409 g/mol. The Labute approximate surface area is 179 Å². The fraction of sp³-hybridized carbons (Fsp3) is 0.440. The van der Waals surface area contributed by atoms with E-state index in [-0.39, 0.29) is 18.4 Å². The number of nitrogens with zero attached hydrogens (tertiary/aromatic N) is 1. The Balaban J connectivity index is 1.68. The minimum atomic E-state index is -0.276. The molecule has 0 saturated carbocycles. The molecule has 1 N–H and O–H groups in total. The maximum Gasteiger partial charge on any atom is 0.262 e. The molecule has 3 rings (SSSR count). The van der Waals surface area contributed by atoms with Crippen LogP contribution in [0.4, 0.5) is 5.69 Å². The molecular weight excluding hydrogens is 376 g/mol. The zero-order valence-corrected chi connectivity index (χ0v) is 18.2. The smallest absolute Gasteiger partial charge is 0.262 e. The maximum absolute atomic E-state index is 13.0. The number of carbonyl (C=O) groups is 2. The molecule has 1 saturated heterocycles. The molecule has 0 aliphatic carbocycles. The number of aryl methyl sites for hydroxylation is 1. The van der Waals surface area contributed by atoms with Gasteiger partial charge < -0.3 is 15.0 Å². The standard InChI is InChI=1S/C25H32N2O3/c1-18(2)20-13-12-19(3)16-23(20)30-17-24(28)26-22-11-7-6-10-21(22)25(29)27-14-8-4-5-9-15-27/h6-7,10-13,16,18H,4-5,8-9,14-15,17H2,1-3H3,(H,26,28). The minimum absolute atomic E-state index is 0.0190. The summed E-state index contributed by atoms with van der Waals surface area (Å²) in [6.45, 7) is 7.65. The number of hydrogen-bond acceptors (Lipinski definition) is 3. The molecule has 5 nitrogen and oxygen atoms in total. The molecule has 1 aliphatic rings. The molecule has 0 aromatic heterocycles. The van der Waals surface area contributed by atoms with Crippen LogP contribution in [0, 0.1) is 6.92 Å². The third kappa shape index (κ3) is 5.62. The first-order valence-corrected chi connectivity index (χ1v) is 10.9. The zero-order chi connectivity index (χ0) is 21.5. The second-order valence-corrected chi connectivity index (χ2v) is 8.28. The Morgan fingerprint density at radius 3 is 2.43 bits per heavy atom. The molecule has 2 amide bonds. The first-order chi connectivity index (χ1) is 14.5. The number of para-hydroxylation sites is 1. The third-order valence-electron chi connectivity index (χ3n) is 5.47. The van der Waals surface area contributed by atoms with E-state index in [0.717, 1.165) is 55.6 Å². The van der Waals surface area contributed by atoms with E-state index < -0.39 is 0 Å². The van der Waals surface area contributed by atoms with Gasteiger partial charge in [-0.1, -0.05) is 51.0 Å². The Bertz CT molecular complexity index is 884. The minimum Gasteiger partial charge on any atom is -0.483 e. The van der Waals surface area contributed by atoms with Crippen LogP contribution in [0.15, 0.2) is 42.5 Å². The molecule has 2 aromatic carbocycles. The number of anilines is 1. The summed E-state index contributed by atoms with van der Waals surface area (Å²) < 4.78 is 5.84. The maximum atomic E-state index is 13.0. The van der Waals surface area contributed by atoms with Crippen molar-refractivity contribution >= 4 is 17.5 Å². The second-order valence-electron chi connectivity index (χ2n) is 8.28. The lowest BCUT2D eigenvalue weighted by Gasteiger charge is -2.22. The molecule has 1 aliphatic heterocycles. The van der Waals surface area contributed by atoms with Crippen LogP contribution in [0.2, 0.25) is 0 Å². The van der Waals surface area contributed by atoms with Crippen molar-refractivity contribution in [3.05, 3.63) is 59.2 Å². The molecule has 1 heterocycles. The van der Waals surface area contributed by atoms with Gasteiger partial charge in [0.1, 0.15) is 5.75 Å². The number of rotatable bonds is 6. The third-order valence-corrected chi connectivity index (χ3v) is 5.47. The number of likely N-dealkylation sites (tertiary alicyclic amines) is 1. The van der Waals surface area contributed by atoms with Crippen LogP contribution in [0.1, 0.15) is 66.9 Å². The first kappa shape index (κ1) is 21.9. The summed E-state index contributed by atoms with van der Waals surface area (Å²) in [7, 11) is 0. The van der Waals surface area contributed by atoms with Crippen molar-refractivity contribution in [3.63, 3.8) is 0 Å². The fourth-order valence-corrected chi connectivity index (χ4v) is 3.80. The lowest BCUT2D eigenvalue weighted by atomic mass is 10.0. The van der Waals surface area contributed by atoms with Crippen LogP contribution in [-0.4, -0.2) is 36.4 Å². The van der Waals surface area contributed by atoms with Gasteiger partial charge in [0.15, 0.2) is 6.61 Å². The number of ether oxygens (including phenoxy) is 1. The van der Waals surface area contributed by atoms with E-state index in [2.05, 4.69) is 19.2 Å². The lowest BCUT2D eigenvalue weighted by molar-refractivity contribution is -0.118. The molecule has 0 atom stereocenters. The molecule has 30 heavy (non-hydrogen) atoms. The summed E-state index contributed by atoms with van der Waals surface area (Å²) in [6.07, 6.45) is 4.39. The van der Waals surface area contributed by atoms with Crippen molar-refractivity contribution in [1.29, 1.82) is 0 Å². The number of nitrogens with one attached hydrogen (secondary N) is 1. The van der Waals surface area contributed by atoms with Gasteiger partial charge in [0.2, 0.25) is 0 Å². The van der Waals surface area contributed by atoms with Gasteiger partial charge in [-0.15, -0.1) is 0 Å². The quantitative estimate of drug-likeness (QED) is 0.719.